The third-order valence-electron chi connectivity index (χ3n) is 5.25. The molecule has 0 aliphatic carbocycles. The Labute approximate surface area is 168 Å². The lowest BCUT2D eigenvalue weighted by molar-refractivity contribution is -0.127. The Bertz CT molecular complexity index is 852. The van der Waals surface area contributed by atoms with Crippen LogP contribution in [-0.4, -0.2) is 44.0 Å². The Hall–Kier alpha value is -2.22. The van der Waals surface area contributed by atoms with Crippen LogP contribution in [0, 0.1) is 0 Å². The van der Waals surface area contributed by atoms with E-state index in [0.29, 0.717) is 0 Å². The number of hydrogen-bond acceptors (Lipinski definition) is 6. The number of rotatable bonds is 4. The first-order valence-corrected chi connectivity index (χ1v) is 10.2. The quantitative estimate of drug-likeness (QED) is 0.822. The average Bonchev–Trinajstić information content (AvgIpc) is 3.23. The minimum atomic E-state index is -1.15. The van der Waals surface area contributed by atoms with Crippen LogP contribution in [0.15, 0.2) is 47.4 Å². The van der Waals surface area contributed by atoms with Crippen molar-refractivity contribution in [2.75, 3.05) is 25.7 Å². The maximum atomic E-state index is 13.3. The first-order chi connectivity index (χ1) is 13.6. The van der Waals surface area contributed by atoms with Gasteiger partial charge in [0.05, 0.1) is 31.3 Å². The number of benzene rings is 2. The van der Waals surface area contributed by atoms with Crippen molar-refractivity contribution in [3.8, 4) is 11.5 Å². The predicted molar refractivity (Wildman–Crippen MR) is 109 cm³/mol. The van der Waals surface area contributed by atoms with Crippen molar-refractivity contribution in [3.05, 3.63) is 48.0 Å². The van der Waals surface area contributed by atoms with Gasteiger partial charge in [-0.3, -0.25) is 15.0 Å². The van der Waals surface area contributed by atoms with Crippen LogP contribution in [0.2, 0.25) is 0 Å². The van der Waals surface area contributed by atoms with Gasteiger partial charge < -0.3 is 14.6 Å². The van der Waals surface area contributed by atoms with Gasteiger partial charge in [-0.25, -0.2) is 0 Å². The smallest absolute Gasteiger partial charge is 0.258 e. The zero-order valence-corrected chi connectivity index (χ0v) is 16.7. The summed E-state index contributed by atoms with van der Waals surface area (Å²) in [5.41, 5.74) is 1.69. The highest BCUT2D eigenvalue weighted by atomic mass is 32.2. The fourth-order valence-electron chi connectivity index (χ4n) is 3.76. The van der Waals surface area contributed by atoms with Crippen molar-refractivity contribution in [1.29, 1.82) is 0 Å². The summed E-state index contributed by atoms with van der Waals surface area (Å²) in [5.74, 6) is 1.18. The van der Waals surface area contributed by atoms with Crippen LogP contribution >= 0.6 is 11.8 Å². The van der Waals surface area contributed by atoms with E-state index in [1.54, 1.807) is 19.1 Å². The van der Waals surface area contributed by atoms with Crippen molar-refractivity contribution in [3.63, 3.8) is 0 Å². The Kier molecular flexibility index (Phi) is 5.48. The van der Waals surface area contributed by atoms with Gasteiger partial charge in [-0.05, 0) is 55.3 Å². The molecule has 28 heavy (non-hydrogen) atoms. The van der Waals surface area contributed by atoms with Crippen LogP contribution < -0.4 is 19.7 Å². The van der Waals surface area contributed by atoms with Gasteiger partial charge in [-0.1, -0.05) is 12.1 Å². The molecule has 1 fully saturated rings. The first-order valence-electron chi connectivity index (χ1n) is 9.35. The maximum absolute atomic E-state index is 13.3. The van der Waals surface area contributed by atoms with Gasteiger partial charge in [0.2, 0.25) is 0 Å². The summed E-state index contributed by atoms with van der Waals surface area (Å²) in [6.45, 7) is 0.866. The predicted octanol–water partition coefficient (Wildman–Crippen LogP) is 2.95. The van der Waals surface area contributed by atoms with E-state index in [9.17, 15) is 9.90 Å². The van der Waals surface area contributed by atoms with Crippen LogP contribution in [0.1, 0.15) is 23.7 Å². The molecule has 1 saturated heterocycles. The first kappa shape index (κ1) is 19.1. The summed E-state index contributed by atoms with van der Waals surface area (Å²) in [6.07, 6.45) is 0.607. The number of hydrogen-bond donors (Lipinski definition) is 2. The molecule has 148 valence electrons. The number of nitrogens with one attached hydrogen (secondary N) is 1. The zero-order chi connectivity index (χ0) is 19.7. The summed E-state index contributed by atoms with van der Waals surface area (Å²) >= 11 is 1.49. The number of ether oxygens (including phenoxy) is 2. The molecule has 7 heteroatoms. The average molecular weight is 401 g/mol. The van der Waals surface area contributed by atoms with Crippen molar-refractivity contribution < 1.29 is 19.4 Å². The number of anilines is 1. The van der Waals surface area contributed by atoms with E-state index < -0.39 is 11.4 Å². The molecule has 0 unspecified atom stereocenters. The standard InChI is InChI=1S/C21H24N2O4S/c1-26-14-7-5-13(6-8-14)20-19(24)21(25)23(18-4-3-11-22-18)16-10-9-15(27-2)12-17(16)28-20/h5-10,12,18-20,22,24H,3-4,11H2,1-2H3/t18-,19-,20+/m1/s1. The van der Waals surface area contributed by atoms with E-state index in [2.05, 4.69) is 5.32 Å². The normalized spacial score (nSPS) is 24.6. The topological polar surface area (TPSA) is 71.0 Å². The van der Waals surface area contributed by atoms with Crippen molar-refractivity contribution in [1.82, 2.24) is 5.32 Å². The molecule has 0 saturated carbocycles. The van der Waals surface area contributed by atoms with Gasteiger partial charge in [0.1, 0.15) is 17.6 Å². The molecule has 6 nitrogen and oxygen atoms in total. The fourth-order valence-corrected chi connectivity index (χ4v) is 5.04. The van der Waals surface area contributed by atoms with E-state index >= 15 is 0 Å². The highest BCUT2D eigenvalue weighted by Gasteiger charge is 2.40. The number of carbonyl (C=O) groups excluding carboxylic acids is 1. The molecule has 4 rings (SSSR count). The molecule has 0 radical (unpaired) electrons. The van der Waals surface area contributed by atoms with Gasteiger partial charge in [0, 0.05) is 4.90 Å². The zero-order valence-electron chi connectivity index (χ0n) is 15.9. The molecule has 2 aromatic rings. The third kappa shape index (κ3) is 3.45. The molecule has 2 heterocycles. The second-order valence-corrected chi connectivity index (χ2v) is 8.09. The Morgan fingerprint density at radius 1 is 1.11 bits per heavy atom. The van der Waals surface area contributed by atoms with E-state index in [4.69, 9.17) is 9.47 Å². The van der Waals surface area contributed by atoms with E-state index in [-0.39, 0.29) is 12.1 Å². The summed E-state index contributed by atoms with van der Waals surface area (Å²) in [5, 5.41) is 14.0. The van der Waals surface area contributed by atoms with Crippen LogP contribution in [0.4, 0.5) is 5.69 Å². The number of nitrogens with zero attached hydrogens (tertiary/aromatic N) is 1. The molecule has 3 atom stereocenters. The van der Waals surface area contributed by atoms with Gasteiger partial charge in [0.15, 0.2) is 0 Å². The molecule has 0 bridgehead atoms. The maximum Gasteiger partial charge on any atom is 0.258 e. The molecule has 2 aromatic carbocycles. The molecule has 2 aliphatic heterocycles. The molecular weight excluding hydrogens is 376 g/mol. The molecule has 2 N–H and O–H groups in total. The number of thioether (sulfide) groups is 1. The molecule has 2 aliphatic rings. The highest BCUT2D eigenvalue weighted by molar-refractivity contribution is 7.99. The van der Waals surface area contributed by atoms with Crippen molar-refractivity contribution in [2.45, 2.75) is 35.3 Å². The third-order valence-corrected chi connectivity index (χ3v) is 6.61. The van der Waals surface area contributed by atoms with Gasteiger partial charge >= 0.3 is 0 Å². The number of methoxy groups -OCH3 is 2. The molecule has 1 amide bonds. The number of carbonyl (C=O) groups is 1. The molecule has 0 aromatic heterocycles. The Balaban J connectivity index is 1.78. The second kappa shape index (κ2) is 8.03. The van der Waals surface area contributed by atoms with Crippen molar-refractivity contribution >= 4 is 23.4 Å². The van der Waals surface area contributed by atoms with Crippen LogP contribution in [-0.2, 0) is 4.79 Å². The number of aliphatic hydroxyl groups is 1. The molecule has 0 spiro atoms. The lowest BCUT2D eigenvalue weighted by atomic mass is 10.1. The summed E-state index contributed by atoms with van der Waals surface area (Å²) < 4.78 is 10.6. The summed E-state index contributed by atoms with van der Waals surface area (Å²) in [4.78, 5) is 16.0. The minimum Gasteiger partial charge on any atom is -0.497 e. The lowest BCUT2D eigenvalue weighted by Gasteiger charge is -2.30. The summed E-state index contributed by atoms with van der Waals surface area (Å²) in [6, 6.07) is 13.2. The van der Waals surface area contributed by atoms with Crippen molar-refractivity contribution in [2.24, 2.45) is 0 Å². The largest absolute Gasteiger partial charge is 0.497 e. The van der Waals surface area contributed by atoms with Gasteiger partial charge in [-0.15, -0.1) is 11.8 Å². The Morgan fingerprint density at radius 3 is 2.46 bits per heavy atom. The number of fused-ring (bicyclic) bond motifs is 1. The SMILES string of the molecule is COc1ccc([C@@H]2Sc3cc(OC)ccc3N([C@@H]3CCCN3)C(=O)[C@@H]2O)cc1. The van der Waals surface area contributed by atoms with Crippen LogP contribution in [0.5, 0.6) is 11.5 Å². The monoisotopic (exact) mass is 400 g/mol. The van der Waals surface area contributed by atoms with Crippen LogP contribution in [0.3, 0.4) is 0 Å². The van der Waals surface area contributed by atoms with Crippen LogP contribution in [0.25, 0.3) is 0 Å². The van der Waals surface area contributed by atoms with E-state index in [1.807, 2.05) is 42.5 Å². The highest BCUT2D eigenvalue weighted by Crippen LogP contribution is 2.47. The lowest BCUT2D eigenvalue weighted by Crippen LogP contribution is -2.50. The Morgan fingerprint density at radius 2 is 1.82 bits per heavy atom. The molecular formula is C21H24N2O4S. The van der Waals surface area contributed by atoms with Gasteiger partial charge in [0.25, 0.3) is 5.91 Å². The number of aliphatic hydroxyl groups excluding tert-OH is 1. The van der Waals surface area contributed by atoms with E-state index in [0.717, 1.165) is 47.0 Å². The summed E-state index contributed by atoms with van der Waals surface area (Å²) in [7, 11) is 3.24. The second-order valence-electron chi connectivity index (χ2n) is 6.91. The fraction of sp³-hybridized carbons (Fsp3) is 0.381. The number of amides is 1. The van der Waals surface area contributed by atoms with E-state index in [1.165, 1.54) is 11.8 Å². The minimum absolute atomic E-state index is 0.107. The van der Waals surface area contributed by atoms with Gasteiger partial charge in [-0.2, -0.15) is 0 Å².